The molecule has 5 nitrogen and oxygen atoms in total. The highest BCUT2D eigenvalue weighted by Crippen LogP contribution is 2.25. The van der Waals surface area contributed by atoms with Crippen molar-refractivity contribution in [3.8, 4) is 18.1 Å². The molecule has 0 aromatic heterocycles. The van der Waals surface area contributed by atoms with Gasteiger partial charge in [-0.15, -0.1) is 6.42 Å². The number of benzene rings is 1. The molecule has 1 aromatic carbocycles. The molecular formula is C22H30N2O3. The third kappa shape index (κ3) is 5.62. The fraction of sp³-hybridized carbons (Fsp3) is 0.455. The van der Waals surface area contributed by atoms with Crippen LogP contribution in [0.25, 0.3) is 5.57 Å². The summed E-state index contributed by atoms with van der Waals surface area (Å²) in [5.74, 6) is 2.77. The molecule has 0 radical (unpaired) electrons. The largest absolute Gasteiger partial charge is 0.497 e. The fourth-order valence-electron chi connectivity index (χ4n) is 2.90. The van der Waals surface area contributed by atoms with Crippen LogP contribution in [0.3, 0.4) is 0 Å². The number of imide groups is 1. The van der Waals surface area contributed by atoms with Gasteiger partial charge in [-0.1, -0.05) is 45.3 Å². The average Bonchev–Trinajstić information content (AvgIpc) is 2.96. The third-order valence-corrected chi connectivity index (χ3v) is 4.49. The molecule has 0 bridgehead atoms. The SMILES string of the molecule is C#C[C@]1(CC)NC(=O)NC1=O.CC/C=C(\C)c1cc(OC)ccc1CCC. The molecule has 27 heavy (non-hydrogen) atoms. The minimum atomic E-state index is -1.11. The number of methoxy groups -OCH3 is 1. The van der Waals surface area contributed by atoms with Crippen LogP contribution in [0.4, 0.5) is 4.79 Å². The van der Waals surface area contributed by atoms with Gasteiger partial charge in [-0.3, -0.25) is 10.1 Å². The van der Waals surface area contributed by atoms with Crippen molar-refractivity contribution in [1.29, 1.82) is 0 Å². The van der Waals surface area contributed by atoms with E-state index >= 15 is 0 Å². The average molecular weight is 370 g/mol. The first-order valence-electron chi connectivity index (χ1n) is 9.32. The Morgan fingerprint density at radius 3 is 2.41 bits per heavy atom. The van der Waals surface area contributed by atoms with E-state index in [1.54, 1.807) is 14.0 Å². The Labute approximate surface area is 162 Å². The van der Waals surface area contributed by atoms with Gasteiger partial charge in [0.25, 0.3) is 5.91 Å². The van der Waals surface area contributed by atoms with E-state index in [0.29, 0.717) is 6.42 Å². The Kier molecular flexibility index (Phi) is 8.61. The van der Waals surface area contributed by atoms with Gasteiger partial charge in [0.05, 0.1) is 7.11 Å². The third-order valence-electron chi connectivity index (χ3n) is 4.49. The van der Waals surface area contributed by atoms with E-state index in [2.05, 4.69) is 55.5 Å². The predicted octanol–water partition coefficient (Wildman–Crippen LogP) is 4.07. The second kappa shape index (κ2) is 10.4. The number of ether oxygens (including phenoxy) is 1. The van der Waals surface area contributed by atoms with Crippen molar-refractivity contribution in [1.82, 2.24) is 10.6 Å². The molecule has 0 spiro atoms. The first-order valence-corrected chi connectivity index (χ1v) is 9.32. The minimum absolute atomic E-state index is 0.404. The zero-order chi connectivity index (χ0) is 20.4. The first-order chi connectivity index (χ1) is 12.9. The Hall–Kier alpha value is -2.74. The van der Waals surface area contributed by atoms with E-state index in [1.807, 2.05) is 6.07 Å². The molecule has 1 heterocycles. The van der Waals surface area contributed by atoms with Gasteiger partial charge in [0.15, 0.2) is 5.54 Å². The maximum absolute atomic E-state index is 11.0. The van der Waals surface area contributed by atoms with Crippen LogP contribution < -0.4 is 15.4 Å². The monoisotopic (exact) mass is 370 g/mol. The number of carbonyl (C=O) groups excluding carboxylic acids is 2. The summed E-state index contributed by atoms with van der Waals surface area (Å²) in [6, 6.07) is 5.86. The number of aryl methyl sites for hydroxylation is 1. The van der Waals surface area contributed by atoms with Gasteiger partial charge in [-0.2, -0.15) is 0 Å². The van der Waals surface area contributed by atoms with Crippen LogP contribution in [0.2, 0.25) is 0 Å². The summed E-state index contributed by atoms with van der Waals surface area (Å²) in [6.07, 6.45) is 11.2. The van der Waals surface area contributed by atoms with Crippen molar-refractivity contribution in [2.24, 2.45) is 0 Å². The zero-order valence-electron chi connectivity index (χ0n) is 16.9. The highest BCUT2D eigenvalue weighted by molar-refractivity contribution is 6.08. The first kappa shape index (κ1) is 22.3. The van der Waals surface area contributed by atoms with Crippen molar-refractivity contribution in [3.63, 3.8) is 0 Å². The summed E-state index contributed by atoms with van der Waals surface area (Å²) in [6.45, 7) is 8.30. The number of hydrogen-bond donors (Lipinski definition) is 2. The molecule has 0 unspecified atom stereocenters. The summed E-state index contributed by atoms with van der Waals surface area (Å²) >= 11 is 0. The normalized spacial score (nSPS) is 18.7. The van der Waals surface area contributed by atoms with Gasteiger partial charge < -0.3 is 10.1 Å². The maximum Gasteiger partial charge on any atom is 0.323 e. The number of hydrogen-bond acceptors (Lipinski definition) is 3. The molecular weight excluding hydrogens is 340 g/mol. The van der Waals surface area contributed by atoms with E-state index in [4.69, 9.17) is 11.2 Å². The van der Waals surface area contributed by atoms with E-state index in [0.717, 1.165) is 18.6 Å². The number of urea groups is 1. The Bertz CT molecular complexity index is 746. The quantitative estimate of drug-likeness (QED) is 0.586. The number of terminal acetylenes is 1. The molecule has 0 aliphatic carbocycles. The van der Waals surface area contributed by atoms with E-state index in [9.17, 15) is 9.59 Å². The molecule has 1 fully saturated rings. The van der Waals surface area contributed by atoms with Gasteiger partial charge in [-0.25, -0.2) is 4.79 Å². The van der Waals surface area contributed by atoms with Gasteiger partial charge in [0, 0.05) is 0 Å². The molecule has 1 aliphatic heterocycles. The maximum atomic E-state index is 11.0. The molecule has 2 rings (SSSR count). The number of amides is 3. The summed E-state index contributed by atoms with van der Waals surface area (Å²) in [7, 11) is 1.72. The highest BCUT2D eigenvalue weighted by Gasteiger charge is 2.43. The van der Waals surface area contributed by atoms with Crippen molar-refractivity contribution in [2.45, 2.75) is 58.9 Å². The molecule has 2 N–H and O–H groups in total. The lowest BCUT2D eigenvalue weighted by Gasteiger charge is -2.15. The summed E-state index contributed by atoms with van der Waals surface area (Å²) < 4.78 is 5.29. The molecule has 1 atom stereocenters. The Morgan fingerprint density at radius 2 is 2.00 bits per heavy atom. The Morgan fingerprint density at radius 1 is 1.30 bits per heavy atom. The molecule has 1 aliphatic rings. The summed E-state index contributed by atoms with van der Waals surface area (Å²) in [5, 5.41) is 4.46. The zero-order valence-corrected chi connectivity index (χ0v) is 16.9. The van der Waals surface area contributed by atoms with Crippen LogP contribution in [0.5, 0.6) is 5.75 Å². The van der Waals surface area contributed by atoms with E-state index in [-0.39, 0.29) is 0 Å². The lowest BCUT2D eigenvalue weighted by Crippen LogP contribution is -2.44. The minimum Gasteiger partial charge on any atom is -0.497 e. The number of carbonyl (C=O) groups is 2. The van der Waals surface area contributed by atoms with Gasteiger partial charge >= 0.3 is 6.03 Å². The van der Waals surface area contributed by atoms with Crippen LogP contribution in [-0.4, -0.2) is 24.6 Å². The summed E-state index contributed by atoms with van der Waals surface area (Å²) in [4.78, 5) is 21.7. The fourth-order valence-corrected chi connectivity index (χ4v) is 2.90. The molecule has 3 amide bonds. The van der Waals surface area contributed by atoms with Crippen molar-refractivity contribution in [2.75, 3.05) is 7.11 Å². The van der Waals surface area contributed by atoms with Crippen molar-refractivity contribution < 1.29 is 14.3 Å². The van der Waals surface area contributed by atoms with Crippen molar-refractivity contribution >= 4 is 17.5 Å². The van der Waals surface area contributed by atoms with Crippen LogP contribution >= 0.6 is 0 Å². The van der Waals surface area contributed by atoms with Crippen LogP contribution in [0, 0.1) is 12.3 Å². The molecule has 5 heteroatoms. The molecule has 0 saturated carbocycles. The topological polar surface area (TPSA) is 67.4 Å². The summed E-state index contributed by atoms with van der Waals surface area (Å²) in [5.41, 5.74) is 3.00. The molecule has 146 valence electrons. The van der Waals surface area contributed by atoms with Gasteiger partial charge in [0.2, 0.25) is 0 Å². The van der Waals surface area contributed by atoms with Crippen LogP contribution in [0.15, 0.2) is 24.3 Å². The predicted molar refractivity (Wildman–Crippen MR) is 109 cm³/mol. The van der Waals surface area contributed by atoms with Gasteiger partial charge in [-0.05, 0) is 55.0 Å². The number of nitrogens with one attached hydrogen (secondary N) is 2. The van der Waals surface area contributed by atoms with Crippen LogP contribution in [-0.2, 0) is 11.2 Å². The second-order valence-electron chi connectivity index (χ2n) is 6.38. The molecule has 1 saturated heterocycles. The molecule has 1 aromatic rings. The lowest BCUT2D eigenvalue weighted by molar-refractivity contribution is -0.122. The van der Waals surface area contributed by atoms with Crippen LogP contribution in [0.1, 0.15) is 58.1 Å². The number of allylic oxidation sites excluding steroid dienone is 2. The van der Waals surface area contributed by atoms with Crippen molar-refractivity contribution in [3.05, 3.63) is 35.4 Å². The van der Waals surface area contributed by atoms with Gasteiger partial charge in [0.1, 0.15) is 5.75 Å². The van der Waals surface area contributed by atoms with E-state index < -0.39 is 17.5 Å². The lowest BCUT2D eigenvalue weighted by atomic mass is 9.97. The second-order valence-corrected chi connectivity index (χ2v) is 6.38. The van der Waals surface area contributed by atoms with E-state index in [1.165, 1.54) is 23.1 Å². The number of rotatable bonds is 6. The Balaban J connectivity index is 0.000000289. The smallest absolute Gasteiger partial charge is 0.323 e. The standard InChI is InChI=1S/C15H22O.C7H8N2O2/c1-5-7-12(3)15-11-14(16-4)10-9-13(15)8-6-2;1-3-7(4-2)5(10)8-6(11)9-7/h7,9-11H,5-6,8H2,1-4H3;1H,4H2,2H3,(H2,8,9,10,11)/b12-7+;/t;7-/m.1/s1. The highest BCUT2D eigenvalue weighted by atomic mass is 16.5.